The lowest BCUT2D eigenvalue weighted by atomic mass is 9.85. The van der Waals surface area contributed by atoms with Gasteiger partial charge in [0, 0.05) is 17.2 Å². The Morgan fingerprint density at radius 3 is 2.57 bits per heavy atom. The third-order valence-electron chi connectivity index (χ3n) is 4.16. The molecule has 1 atom stereocenters. The van der Waals surface area contributed by atoms with Gasteiger partial charge in [-0.15, -0.1) is 0 Å². The number of aryl methyl sites for hydroxylation is 1. The first kappa shape index (κ1) is 15.1. The molecule has 1 heterocycles. The minimum absolute atomic E-state index is 0.117. The highest BCUT2D eigenvalue weighted by Gasteiger charge is 2.25. The Labute approximate surface area is 133 Å². The molecule has 1 aromatic heterocycles. The van der Waals surface area contributed by atoms with Crippen LogP contribution in [0.25, 0.3) is 10.8 Å². The van der Waals surface area contributed by atoms with Crippen LogP contribution in [-0.2, 0) is 9.53 Å². The Morgan fingerprint density at radius 1 is 1.13 bits per heavy atom. The number of rotatable bonds is 4. The van der Waals surface area contributed by atoms with Crippen LogP contribution >= 0.6 is 0 Å². The molecular formula is C18H18N2O3. The second-order valence-electron chi connectivity index (χ2n) is 5.52. The van der Waals surface area contributed by atoms with Crippen molar-refractivity contribution in [3.8, 4) is 0 Å². The lowest BCUT2D eigenvalue weighted by molar-refractivity contribution is -0.140. The third kappa shape index (κ3) is 2.77. The highest BCUT2D eigenvalue weighted by Crippen LogP contribution is 2.33. The quantitative estimate of drug-likeness (QED) is 0.728. The number of nitrogens with one attached hydrogen (secondary N) is 2. The van der Waals surface area contributed by atoms with E-state index in [1.807, 2.05) is 49.4 Å². The zero-order valence-corrected chi connectivity index (χ0v) is 13.1. The van der Waals surface area contributed by atoms with Crippen LogP contribution in [0.2, 0.25) is 0 Å². The summed E-state index contributed by atoms with van der Waals surface area (Å²) in [7, 11) is 1.36. The molecule has 118 valence electrons. The second-order valence-corrected chi connectivity index (χ2v) is 5.52. The number of esters is 1. The van der Waals surface area contributed by atoms with E-state index in [1.165, 1.54) is 7.11 Å². The number of carbonyl (C=O) groups excluding carboxylic acids is 1. The van der Waals surface area contributed by atoms with Crippen LogP contribution in [0.1, 0.15) is 29.2 Å². The minimum Gasteiger partial charge on any atom is -0.469 e. The van der Waals surface area contributed by atoms with Crippen LogP contribution in [0, 0.1) is 6.92 Å². The number of H-pyrrole nitrogens is 2. The van der Waals surface area contributed by atoms with Crippen molar-refractivity contribution in [1.29, 1.82) is 0 Å². The van der Waals surface area contributed by atoms with E-state index in [4.69, 9.17) is 4.74 Å². The van der Waals surface area contributed by atoms with E-state index in [1.54, 1.807) is 0 Å². The summed E-state index contributed by atoms with van der Waals surface area (Å²) in [6.45, 7) is 1.82. The highest BCUT2D eigenvalue weighted by atomic mass is 16.5. The monoisotopic (exact) mass is 310 g/mol. The average Bonchev–Trinajstić information content (AvgIpc) is 2.91. The number of ether oxygens (including phenoxy) is 1. The SMILES string of the molecule is COC(=O)CC(c1c(C)[nH][nH]c1=O)c1cccc2ccccc12. The van der Waals surface area contributed by atoms with Crippen molar-refractivity contribution in [2.24, 2.45) is 0 Å². The van der Waals surface area contributed by atoms with Crippen molar-refractivity contribution in [2.45, 2.75) is 19.3 Å². The summed E-state index contributed by atoms with van der Waals surface area (Å²) < 4.78 is 4.83. The number of hydrogen-bond donors (Lipinski definition) is 2. The van der Waals surface area contributed by atoms with E-state index in [0.29, 0.717) is 5.56 Å². The van der Waals surface area contributed by atoms with Crippen molar-refractivity contribution in [3.05, 3.63) is 69.6 Å². The van der Waals surface area contributed by atoms with E-state index >= 15 is 0 Å². The van der Waals surface area contributed by atoms with Gasteiger partial charge in [-0.25, -0.2) is 0 Å². The number of methoxy groups -OCH3 is 1. The number of fused-ring (bicyclic) bond motifs is 1. The normalized spacial score (nSPS) is 12.3. The predicted molar refractivity (Wildman–Crippen MR) is 88.6 cm³/mol. The number of aromatic amines is 2. The molecule has 2 N–H and O–H groups in total. The van der Waals surface area contributed by atoms with E-state index in [9.17, 15) is 9.59 Å². The molecule has 0 spiro atoms. The van der Waals surface area contributed by atoms with Crippen LogP contribution in [0.4, 0.5) is 0 Å². The van der Waals surface area contributed by atoms with Gasteiger partial charge < -0.3 is 9.84 Å². The number of benzene rings is 2. The van der Waals surface area contributed by atoms with Gasteiger partial charge in [0.25, 0.3) is 5.56 Å². The fraction of sp³-hybridized carbons (Fsp3) is 0.222. The van der Waals surface area contributed by atoms with Crippen LogP contribution in [0.5, 0.6) is 0 Å². The Hall–Kier alpha value is -2.82. The predicted octanol–water partition coefficient (Wildman–Crippen LogP) is 2.86. The van der Waals surface area contributed by atoms with Crippen molar-refractivity contribution >= 4 is 16.7 Å². The minimum atomic E-state index is -0.358. The molecule has 0 aliphatic rings. The van der Waals surface area contributed by atoms with Crippen molar-refractivity contribution in [3.63, 3.8) is 0 Å². The Bertz CT molecular complexity index is 903. The van der Waals surface area contributed by atoms with Gasteiger partial charge in [-0.2, -0.15) is 0 Å². The third-order valence-corrected chi connectivity index (χ3v) is 4.16. The molecule has 5 heteroatoms. The van der Waals surface area contributed by atoms with Gasteiger partial charge in [0.15, 0.2) is 0 Å². The molecule has 0 saturated carbocycles. The fourth-order valence-corrected chi connectivity index (χ4v) is 3.05. The van der Waals surface area contributed by atoms with Crippen molar-refractivity contribution in [1.82, 2.24) is 10.2 Å². The number of carbonyl (C=O) groups is 1. The first-order valence-electron chi connectivity index (χ1n) is 7.43. The van der Waals surface area contributed by atoms with E-state index < -0.39 is 0 Å². The first-order chi connectivity index (χ1) is 11.1. The summed E-state index contributed by atoms with van der Waals surface area (Å²) in [4.78, 5) is 24.1. The van der Waals surface area contributed by atoms with Gasteiger partial charge in [0.05, 0.1) is 13.5 Å². The number of aromatic nitrogens is 2. The van der Waals surface area contributed by atoms with Crippen LogP contribution in [-0.4, -0.2) is 23.3 Å². The Balaban J connectivity index is 2.22. The smallest absolute Gasteiger partial charge is 0.306 e. The first-order valence-corrected chi connectivity index (χ1v) is 7.43. The molecule has 23 heavy (non-hydrogen) atoms. The Kier molecular flexibility index (Phi) is 4.02. The molecule has 3 aromatic rings. The summed E-state index contributed by atoms with van der Waals surface area (Å²) in [5.41, 5.74) is 2.05. The van der Waals surface area contributed by atoms with Gasteiger partial charge in [-0.3, -0.25) is 14.7 Å². The fourth-order valence-electron chi connectivity index (χ4n) is 3.05. The van der Waals surface area contributed by atoms with Gasteiger partial charge in [-0.1, -0.05) is 42.5 Å². The second kappa shape index (κ2) is 6.12. The molecule has 1 unspecified atom stereocenters. The maximum Gasteiger partial charge on any atom is 0.306 e. The summed E-state index contributed by atoms with van der Waals surface area (Å²) >= 11 is 0. The molecule has 0 fully saturated rings. The zero-order valence-electron chi connectivity index (χ0n) is 13.1. The molecule has 0 radical (unpaired) electrons. The maximum absolute atomic E-state index is 12.2. The zero-order chi connectivity index (χ0) is 16.4. The molecule has 5 nitrogen and oxygen atoms in total. The van der Waals surface area contributed by atoms with Crippen molar-refractivity contribution in [2.75, 3.05) is 7.11 Å². The van der Waals surface area contributed by atoms with Crippen molar-refractivity contribution < 1.29 is 9.53 Å². The summed E-state index contributed by atoms with van der Waals surface area (Å²) in [5.74, 6) is -0.702. The average molecular weight is 310 g/mol. The lowest BCUT2D eigenvalue weighted by Gasteiger charge is -2.17. The largest absolute Gasteiger partial charge is 0.469 e. The standard InChI is InChI=1S/C18H18N2O3/c1-11-17(18(22)20-19-11)15(10-16(21)23-2)14-9-5-7-12-6-3-4-8-13(12)14/h3-9,15H,10H2,1-2H3,(H2,19,20,22). The summed E-state index contributed by atoms with van der Waals surface area (Å²) in [5, 5.41) is 7.54. The molecule has 2 aromatic carbocycles. The molecule has 0 bridgehead atoms. The van der Waals surface area contributed by atoms with Crippen LogP contribution in [0.3, 0.4) is 0 Å². The molecule has 0 amide bonds. The number of hydrogen-bond acceptors (Lipinski definition) is 3. The van der Waals surface area contributed by atoms with Crippen LogP contribution in [0.15, 0.2) is 47.3 Å². The van der Waals surface area contributed by atoms with Gasteiger partial charge in [0.1, 0.15) is 0 Å². The summed E-state index contributed by atoms with van der Waals surface area (Å²) in [6.07, 6.45) is 0.117. The molecular weight excluding hydrogens is 292 g/mol. The molecule has 3 rings (SSSR count). The molecule has 0 saturated heterocycles. The maximum atomic E-state index is 12.2. The van der Waals surface area contributed by atoms with Crippen LogP contribution < -0.4 is 5.56 Å². The van der Waals surface area contributed by atoms with E-state index in [2.05, 4.69) is 10.2 Å². The molecule has 0 aliphatic carbocycles. The Morgan fingerprint density at radius 2 is 1.87 bits per heavy atom. The van der Waals surface area contributed by atoms with Gasteiger partial charge in [-0.05, 0) is 23.3 Å². The van der Waals surface area contributed by atoms with E-state index in [0.717, 1.165) is 22.0 Å². The van der Waals surface area contributed by atoms with Gasteiger partial charge >= 0.3 is 5.97 Å². The topological polar surface area (TPSA) is 75.0 Å². The highest BCUT2D eigenvalue weighted by molar-refractivity contribution is 5.87. The summed E-state index contributed by atoms with van der Waals surface area (Å²) in [6, 6.07) is 13.9. The van der Waals surface area contributed by atoms with Gasteiger partial charge in [0.2, 0.25) is 0 Å². The molecule has 0 aliphatic heterocycles. The van der Waals surface area contributed by atoms with E-state index in [-0.39, 0.29) is 23.9 Å². The lowest BCUT2D eigenvalue weighted by Crippen LogP contribution is -2.17.